The highest BCUT2D eigenvalue weighted by molar-refractivity contribution is 6.34. The number of anilines is 1. The Labute approximate surface area is 247 Å². The highest BCUT2D eigenvalue weighted by Gasteiger charge is 2.22. The van der Waals surface area contributed by atoms with E-state index in [1.165, 1.54) is 33.6 Å². The smallest absolute Gasteiger partial charge is 0.343 e. The fraction of sp³-hybridized carbons (Fsp3) is 0.194. The summed E-state index contributed by atoms with van der Waals surface area (Å²) in [6.45, 7) is 4.04. The third-order valence-corrected chi connectivity index (χ3v) is 6.82. The number of hydrogen-bond acceptors (Lipinski definition) is 9. The van der Waals surface area contributed by atoms with E-state index < -0.39 is 17.8 Å². The van der Waals surface area contributed by atoms with Crippen molar-refractivity contribution in [2.24, 2.45) is 0 Å². The van der Waals surface area contributed by atoms with Gasteiger partial charge in [0, 0.05) is 11.9 Å². The Morgan fingerprint density at radius 2 is 1.57 bits per heavy atom. The van der Waals surface area contributed by atoms with Gasteiger partial charge >= 0.3 is 11.9 Å². The number of methoxy groups -OCH3 is 3. The SMILES string of the molecule is COC(=O)c1ccc(COc2cccc(-c3cccc(NC(=O)c4nc(OC)c(C(=O)OC)cc4Cl)c3C)c2C)nc1. The minimum absolute atomic E-state index is 0.00583. The van der Waals surface area contributed by atoms with Crippen LogP contribution in [0.5, 0.6) is 11.6 Å². The second-order valence-electron chi connectivity index (χ2n) is 9.05. The molecule has 0 aliphatic carbocycles. The van der Waals surface area contributed by atoms with Gasteiger partial charge in [-0.25, -0.2) is 14.6 Å². The van der Waals surface area contributed by atoms with Crippen molar-refractivity contribution in [2.45, 2.75) is 20.5 Å². The Morgan fingerprint density at radius 1 is 0.881 bits per heavy atom. The first-order chi connectivity index (χ1) is 20.2. The van der Waals surface area contributed by atoms with Crippen molar-refractivity contribution in [1.82, 2.24) is 9.97 Å². The molecule has 0 saturated carbocycles. The summed E-state index contributed by atoms with van der Waals surface area (Å²) in [7, 11) is 3.87. The number of nitrogens with one attached hydrogen (secondary N) is 1. The van der Waals surface area contributed by atoms with Gasteiger partial charge in [0.25, 0.3) is 5.91 Å². The highest BCUT2D eigenvalue weighted by atomic mass is 35.5. The van der Waals surface area contributed by atoms with Gasteiger partial charge in [0.2, 0.25) is 5.88 Å². The van der Waals surface area contributed by atoms with Gasteiger partial charge in [-0.3, -0.25) is 9.78 Å². The number of hydrogen-bond donors (Lipinski definition) is 1. The average molecular weight is 590 g/mol. The van der Waals surface area contributed by atoms with Crippen LogP contribution in [0.15, 0.2) is 60.8 Å². The van der Waals surface area contributed by atoms with Crippen molar-refractivity contribution >= 4 is 35.1 Å². The number of amides is 1. The predicted molar refractivity (Wildman–Crippen MR) is 156 cm³/mol. The lowest BCUT2D eigenvalue weighted by molar-refractivity contribution is 0.0588. The lowest BCUT2D eigenvalue weighted by Gasteiger charge is -2.17. The topological polar surface area (TPSA) is 126 Å². The molecule has 2 aromatic carbocycles. The molecule has 1 amide bonds. The molecule has 0 bridgehead atoms. The van der Waals surface area contributed by atoms with Crippen LogP contribution in [0, 0.1) is 13.8 Å². The Kier molecular flexibility index (Phi) is 9.39. The van der Waals surface area contributed by atoms with Crippen molar-refractivity contribution in [3.8, 4) is 22.8 Å². The van der Waals surface area contributed by atoms with Gasteiger partial charge in [0.15, 0.2) is 5.69 Å². The number of pyridine rings is 2. The van der Waals surface area contributed by atoms with Crippen LogP contribution in [0.3, 0.4) is 0 Å². The number of rotatable bonds is 9. The third-order valence-electron chi connectivity index (χ3n) is 6.53. The maximum Gasteiger partial charge on any atom is 0.343 e. The van der Waals surface area contributed by atoms with E-state index in [1.807, 2.05) is 44.2 Å². The molecular formula is C31H28ClN3O7. The molecule has 0 saturated heterocycles. The number of nitrogens with zero attached hydrogens (tertiary/aromatic N) is 2. The van der Waals surface area contributed by atoms with Gasteiger partial charge in [-0.15, -0.1) is 0 Å². The van der Waals surface area contributed by atoms with E-state index in [-0.39, 0.29) is 28.8 Å². The molecule has 2 aromatic heterocycles. The summed E-state index contributed by atoms with van der Waals surface area (Å²) < 4.78 is 20.7. The lowest BCUT2D eigenvalue weighted by atomic mass is 9.95. The van der Waals surface area contributed by atoms with Gasteiger partial charge in [0.1, 0.15) is 17.9 Å². The van der Waals surface area contributed by atoms with E-state index in [2.05, 4.69) is 15.3 Å². The molecule has 0 unspecified atom stereocenters. The normalized spacial score (nSPS) is 10.5. The van der Waals surface area contributed by atoms with E-state index in [0.29, 0.717) is 22.7 Å². The summed E-state index contributed by atoms with van der Waals surface area (Å²) >= 11 is 6.30. The zero-order valence-electron chi connectivity index (χ0n) is 23.6. The molecule has 4 aromatic rings. The zero-order chi connectivity index (χ0) is 30.4. The van der Waals surface area contributed by atoms with Crippen LogP contribution in [0.4, 0.5) is 5.69 Å². The molecule has 0 spiro atoms. The minimum Gasteiger partial charge on any atom is -0.487 e. The molecule has 0 aliphatic rings. The fourth-order valence-electron chi connectivity index (χ4n) is 4.25. The monoisotopic (exact) mass is 589 g/mol. The molecule has 216 valence electrons. The van der Waals surface area contributed by atoms with Gasteiger partial charge in [-0.2, -0.15) is 0 Å². The summed E-state index contributed by atoms with van der Waals surface area (Å²) in [5, 5.41) is 2.83. The maximum atomic E-state index is 13.2. The number of halogens is 1. The summed E-state index contributed by atoms with van der Waals surface area (Å²) in [4.78, 5) is 45.3. The van der Waals surface area contributed by atoms with Crippen LogP contribution in [-0.2, 0) is 16.1 Å². The summed E-state index contributed by atoms with van der Waals surface area (Å²) in [5.41, 5.74) is 4.95. The van der Waals surface area contributed by atoms with Crippen LogP contribution < -0.4 is 14.8 Å². The Balaban J connectivity index is 1.56. The summed E-state index contributed by atoms with van der Waals surface area (Å²) in [6.07, 6.45) is 1.45. The maximum absolute atomic E-state index is 13.2. The predicted octanol–water partition coefficient (Wildman–Crippen LogP) is 5.83. The van der Waals surface area contributed by atoms with Gasteiger partial charge < -0.3 is 24.3 Å². The Hall–Kier alpha value is -4.96. The Morgan fingerprint density at radius 3 is 2.21 bits per heavy atom. The van der Waals surface area contributed by atoms with Gasteiger partial charge in [-0.1, -0.05) is 35.9 Å². The van der Waals surface area contributed by atoms with Crippen LogP contribution in [0.1, 0.15) is 48.0 Å². The van der Waals surface area contributed by atoms with Crippen molar-refractivity contribution in [2.75, 3.05) is 26.6 Å². The molecule has 42 heavy (non-hydrogen) atoms. The second kappa shape index (κ2) is 13.1. The highest BCUT2D eigenvalue weighted by Crippen LogP contribution is 2.35. The number of carbonyl (C=O) groups is 3. The molecule has 0 atom stereocenters. The molecule has 2 heterocycles. The molecule has 0 fully saturated rings. The zero-order valence-corrected chi connectivity index (χ0v) is 24.4. The number of carbonyl (C=O) groups excluding carboxylic acids is 3. The van der Waals surface area contributed by atoms with Crippen molar-refractivity contribution in [3.63, 3.8) is 0 Å². The minimum atomic E-state index is -0.689. The summed E-state index contributed by atoms with van der Waals surface area (Å²) in [6, 6.07) is 15.9. The van der Waals surface area contributed by atoms with E-state index >= 15 is 0 Å². The standard InChI is InChI=1S/C31H28ClN3O7/c1-17-21(22-9-7-11-26(18(22)2)42-16-20-13-12-19(15-33-20)30(37)40-4)8-6-10-25(17)34-28(36)27-24(32)14-23(31(38)41-5)29(35-27)39-3/h6-15H,16H2,1-5H3,(H,34,36). The van der Waals surface area contributed by atoms with E-state index in [4.69, 9.17) is 30.5 Å². The first kappa shape index (κ1) is 30.0. The molecule has 4 rings (SSSR count). The first-order valence-corrected chi connectivity index (χ1v) is 13.1. The first-order valence-electron chi connectivity index (χ1n) is 12.7. The molecule has 1 N–H and O–H groups in total. The van der Waals surface area contributed by atoms with Gasteiger partial charge in [0.05, 0.1) is 37.6 Å². The van der Waals surface area contributed by atoms with Crippen LogP contribution in [-0.4, -0.2) is 49.1 Å². The number of aromatic nitrogens is 2. The van der Waals surface area contributed by atoms with Crippen molar-refractivity contribution < 1.29 is 33.3 Å². The third kappa shape index (κ3) is 6.34. The fourth-order valence-corrected chi connectivity index (χ4v) is 4.49. The number of esters is 2. The largest absolute Gasteiger partial charge is 0.487 e. The van der Waals surface area contributed by atoms with Crippen molar-refractivity contribution in [1.29, 1.82) is 0 Å². The summed E-state index contributed by atoms with van der Waals surface area (Å²) in [5.74, 6) is -1.14. The van der Waals surface area contributed by atoms with Crippen LogP contribution in [0.25, 0.3) is 11.1 Å². The molecule has 10 nitrogen and oxygen atoms in total. The van der Waals surface area contributed by atoms with Crippen molar-refractivity contribution in [3.05, 3.63) is 99.5 Å². The van der Waals surface area contributed by atoms with E-state index in [1.54, 1.807) is 18.2 Å². The molecule has 0 aliphatic heterocycles. The van der Waals surface area contributed by atoms with E-state index in [0.717, 1.165) is 22.3 Å². The van der Waals surface area contributed by atoms with Crippen LogP contribution in [0.2, 0.25) is 5.02 Å². The van der Waals surface area contributed by atoms with Crippen LogP contribution >= 0.6 is 11.6 Å². The average Bonchev–Trinajstić information content (AvgIpc) is 3.01. The van der Waals surface area contributed by atoms with E-state index in [9.17, 15) is 14.4 Å². The second-order valence-corrected chi connectivity index (χ2v) is 9.45. The number of benzene rings is 2. The molecular weight excluding hydrogens is 562 g/mol. The molecule has 11 heteroatoms. The lowest BCUT2D eigenvalue weighted by Crippen LogP contribution is -2.17. The quantitative estimate of drug-likeness (QED) is 0.240. The van der Waals surface area contributed by atoms with Gasteiger partial charge in [-0.05, 0) is 66.4 Å². The Bertz CT molecular complexity index is 1660. The molecule has 0 radical (unpaired) electrons. The number of ether oxygens (including phenoxy) is 4.